The van der Waals surface area contributed by atoms with Gasteiger partial charge in [-0.1, -0.05) is 31.2 Å². The molecular formula is C20H21N3O. The molecule has 0 spiro atoms. The smallest absolute Gasteiger partial charge is 0.165 e. The molecule has 1 aliphatic rings. The Labute approximate surface area is 141 Å². The Morgan fingerprint density at radius 2 is 1.83 bits per heavy atom. The molecule has 122 valence electrons. The molecule has 1 N–H and O–H groups in total. The third-order valence-electron chi connectivity index (χ3n) is 4.68. The zero-order valence-electron chi connectivity index (χ0n) is 13.8. The van der Waals surface area contributed by atoms with Crippen LogP contribution in [-0.2, 0) is 0 Å². The SMILES string of the molecule is C[C@H]1CCCN(c2nc(-c3ccccc3O)nc3ccccc23)C1. The lowest BCUT2D eigenvalue weighted by atomic mass is 10.00. The molecule has 0 saturated carbocycles. The average molecular weight is 319 g/mol. The van der Waals surface area contributed by atoms with Gasteiger partial charge in [-0.3, -0.25) is 0 Å². The lowest BCUT2D eigenvalue weighted by Gasteiger charge is -2.32. The van der Waals surface area contributed by atoms with Crippen LogP contribution in [0.25, 0.3) is 22.3 Å². The van der Waals surface area contributed by atoms with Gasteiger partial charge >= 0.3 is 0 Å². The quantitative estimate of drug-likeness (QED) is 0.767. The molecule has 2 aromatic carbocycles. The van der Waals surface area contributed by atoms with Gasteiger partial charge in [-0.2, -0.15) is 0 Å². The molecule has 1 saturated heterocycles. The van der Waals surface area contributed by atoms with Crippen LogP contribution in [0.2, 0.25) is 0 Å². The van der Waals surface area contributed by atoms with Crippen molar-refractivity contribution in [2.45, 2.75) is 19.8 Å². The van der Waals surface area contributed by atoms with Gasteiger partial charge < -0.3 is 10.0 Å². The van der Waals surface area contributed by atoms with Crippen LogP contribution >= 0.6 is 0 Å². The predicted octanol–water partition coefficient (Wildman–Crippen LogP) is 4.24. The number of piperidine rings is 1. The number of aromatic hydroxyl groups is 1. The van der Waals surface area contributed by atoms with E-state index in [4.69, 9.17) is 4.98 Å². The maximum absolute atomic E-state index is 10.2. The number of rotatable bonds is 2. The molecule has 4 rings (SSSR count). The van der Waals surface area contributed by atoms with E-state index in [0.717, 1.165) is 29.8 Å². The van der Waals surface area contributed by atoms with Crippen molar-refractivity contribution >= 4 is 16.7 Å². The number of hydrogen-bond acceptors (Lipinski definition) is 4. The number of phenolic OH excluding ortho intramolecular Hbond substituents is 1. The topological polar surface area (TPSA) is 49.2 Å². The third-order valence-corrected chi connectivity index (χ3v) is 4.68. The zero-order chi connectivity index (χ0) is 16.5. The van der Waals surface area contributed by atoms with Crippen LogP contribution in [0.5, 0.6) is 5.75 Å². The fourth-order valence-electron chi connectivity index (χ4n) is 3.47. The van der Waals surface area contributed by atoms with E-state index in [1.807, 2.05) is 36.4 Å². The predicted molar refractivity (Wildman–Crippen MR) is 97.2 cm³/mol. The van der Waals surface area contributed by atoms with Crippen LogP contribution in [0.3, 0.4) is 0 Å². The van der Waals surface area contributed by atoms with Crippen molar-refractivity contribution < 1.29 is 5.11 Å². The van der Waals surface area contributed by atoms with Crippen molar-refractivity contribution in [2.24, 2.45) is 5.92 Å². The summed E-state index contributed by atoms with van der Waals surface area (Å²) in [4.78, 5) is 11.9. The number of nitrogens with zero attached hydrogens (tertiary/aromatic N) is 3. The molecule has 0 radical (unpaired) electrons. The molecular weight excluding hydrogens is 298 g/mol. The van der Waals surface area contributed by atoms with Crippen molar-refractivity contribution in [3.63, 3.8) is 0 Å². The van der Waals surface area contributed by atoms with Gasteiger partial charge in [0.05, 0.1) is 11.1 Å². The highest BCUT2D eigenvalue weighted by Gasteiger charge is 2.21. The minimum Gasteiger partial charge on any atom is -0.507 e. The molecule has 1 atom stereocenters. The van der Waals surface area contributed by atoms with Crippen molar-refractivity contribution in [1.29, 1.82) is 0 Å². The highest BCUT2D eigenvalue weighted by atomic mass is 16.3. The summed E-state index contributed by atoms with van der Waals surface area (Å²) in [6.45, 7) is 4.33. The number of fused-ring (bicyclic) bond motifs is 1. The largest absolute Gasteiger partial charge is 0.507 e. The van der Waals surface area contributed by atoms with Gasteiger partial charge in [-0.15, -0.1) is 0 Å². The second-order valence-corrected chi connectivity index (χ2v) is 6.60. The maximum Gasteiger partial charge on any atom is 0.165 e. The van der Waals surface area contributed by atoms with Crippen LogP contribution in [-0.4, -0.2) is 28.2 Å². The Morgan fingerprint density at radius 1 is 1.04 bits per heavy atom. The van der Waals surface area contributed by atoms with Gasteiger partial charge in [-0.25, -0.2) is 9.97 Å². The second kappa shape index (κ2) is 6.11. The van der Waals surface area contributed by atoms with E-state index in [9.17, 15) is 5.11 Å². The first kappa shape index (κ1) is 14.9. The highest BCUT2D eigenvalue weighted by Crippen LogP contribution is 2.32. The van der Waals surface area contributed by atoms with E-state index < -0.39 is 0 Å². The van der Waals surface area contributed by atoms with Gasteiger partial charge in [0.1, 0.15) is 11.6 Å². The summed E-state index contributed by atoms with van der Waals surface area (Å²) in [5.74, 6) is 2.44. The van der Waals surface area contributed by atoms with Crippen molar-refractivity contribution in [1.82, 2.24) is 9.97 Å². The summed E-state index contributed by atoms with van der Waals surface area (Å²) >= 11 is 0. The number of hydrogen-bond donors (Lipinski definition) is 1. The summed E-state index contributed by atoms with van der Waals surface area (Å²) in [5, 5.41) is 11.3. The Bertz CT molecular complexity index is 878. The lowest BCUT2D eigenvalue weighted by molar-refractivity contribution is 0.445. The monoisotopic (exact) mass is 319 g/mol. The minimum absolute atomic E-state index is 0.214. The third kappa shape index (κ3) is 2.68. The summed E-state index contributed by atoms with van der Waals surface area (Å²) in [6.07, 6.45) is 2.46. The first-order valence-corrected chi connectivity index (χ1v) is 8.52. The van der Waals surface area contributed by atoms with E-state index in [1.165, 1.54) is 12.8 Å². The maximum atomic E-state index is 10.2. The molecule has 3 aromatic rings. The van der Waals surface area contributed by atoms with Crippen molar-refractivity contribution in [3.05, 3.63) is 48.5 Å². The number of anilines is 1. The summed E-state index contributed by atoms with van der Waals surface area (Å²) in [6, 6.07) is 15.4. The Kier molecular flexibility index (Phi) is 3.81. The Morgan fingerprint density at radius 3 is 2.67 bits per heavy atom. The number of aromatic nitrogens is 2. The first-order valence-electron chi connectivity index (χ1n) is 8.52. The van der Waals surface area contributed by atoms with E-state index in [-0.39, 0.29) is 5.75 Å². The molecule has 0 aliphatic carbocycles. The fraction of sp³-hybridized carbons (Fsp3) is 0.300. The molecule has 4 nitrogen and oxygen atoms in total. The zero-order valence-corrected chi connectivity index (χ0v) is 13.8. The molecule has 1 aromatic heterocycles. The number of phenols is 1. The van der Waals surface area contributed by atoms with Crippen LogP contribution < -0.4 is 4.90 Å². The first-order chi connectivity index (χ1) is 11.7. The fourth-order valence-corrected chi connectivity index (χ4v) is 3.47. The number of benzene rings is 2. The van der Waals surface area contributed by atoms with Crippen molar-refractivity contribution in [2.75, 3.05) is 18.0 Å². The van der Waals surface area contributed by atoms with E-state index in [2.05, 4.69) is 22.9 Å². The van der Waals surface area contributed by atoms with Gasteiger partial charge in [0.25, 0.3) is 0 Å². The number of para-hydroxylation sites is 2. The summed E-state index contributed by atoms with van der Waals surface area (Å²) in [5.41, 5.74) is 1.59. The van der Waals surface area contributed by atoms with Crippen LogP contribution in [0.1, 0.15) is 19.8 Å². The average Bonchev–Trinajstić information content (AvgIpc) is 2.61. The molecule has 0 unspecified atom stereocenters. The molecule has 2 heterocycles. The standard InChI is InChI=1S/C20H21N3O/c1-14-7-6-12-23(13-14)20-15-8-2-4-10-17(15)21-19(22-20)16-9-3-5-11-18(16)24/h2-5,8-11,14,24H,6-7,12-13H2,1H3/t14-/m0/s1. The van der Waals surface area contributed by atoms with E-state index in [1.54, 1.807) is 6.07 Å². The Balaban J connectivity index is 1.90. The normalized spacial score (nSPS) is 18.0. The molecule has 1 fully saturated rings. The van der Waals surface area contributed by atoms with E-state index >= 15 is 0 Å². The van der Waals surface area contributed by atoms with Crippen molar-refractivity contribution in [3.8, 4) is 17.1 Å². The van der Waals surface area contributed by atoms with Crippen LogP contribution in [0, 0.1) is 5.92 Å². The summed E-state index contributed by atoms with van der Waals surface area (Å²) in [7, 11) is 0. The van der Waals surface area contributed by atoms with Gasteiger partial charge in [0, 0.05) is 18.5 Å². The van der Waals surface area contributed by atoms with Gasteiger partial charge in [0.15, 0.2) is 5.82 Å². The molecule has 24 heavy (non-hydrogen) atoms. The van der Waals surface area contributed by atoms with Crippen LogP contribution in [0.4, 0.5) is 5.82 Å². The second-order valence-electron chi connectivity index (χ2n) is 6.60. The molecule has 1 aliphatic heterocycles. The van der Waals surface area contributed by atoms with Crippen LogP contribution in [0.15, 0.2) is 48.5 Å². The van der Waals surface area contributed by atoms with E-state index in [0.29, 0.717) is 17.3 Å². The highest BCUT2D eigenvalue weighted by molar-refractivity contribution is 5.91. The molecule has 0 bridgehead atoms. The van der Waals surface area contributed by atoms with Gasteiger partial charge in [0.2, 0.25) is 0 Å². The van der Waals surface area contributed by atoms with Gasteiger partial charge in [-0.05, 0) is 43.0 Å². The minimum atomic E-state index is 0.214. The Hall–Kier alpha value is -2.62. The molecule has 0 amide bonds. The lowest BCUT2D eigenvalue weighted by Crippen LogP contribution is -2.35. The summed E-state index contributed by atoms with van der Waals surface area (Å²) < 4.78 is 0. The molecule has 4 heteroatoms.